The smallest absolute Gasteiger partial charge is 0.0935 e. The molecule has 3 heteroatoms. The van der Waals surface area contributed by atoms with Gasteiger partial charge in [0.15, 0.2) is 0 Å². The molecule has 0 spiro atoms. The maximum Gasteiger partial charge on any atom is 0.0935 e. The summed E-state index contributed by atoms with van der Waals surface area (Å²) in [5, 5.41) is 3.54. The van der Waals surface area contributed by atoms with E-state index in [0.29, 0.717) is 6.04 Å². The summed E-state index contributed by atoms with van der Waals surface area (Å²) < 4.78 is 5.15. The Balaban J connectivity index is 2.23. The van der Waals surface area contributed by atoms with E-state index in [2.05, 4.69) is 30.2 Å². The maximum absolute atomic E-state index is 5.15. The van der Waals surface area contributed by atoms with Crippen molar-refractivity contribution >= 4 is 0 Å². The van der Waals surface area contributed by atoms with Crippen LogP contribution in [0.4, 0.5) is 0 Å². The lowest BCUT2D eigenvalue weighted by Gasteiger charge is -2.20. The zero-order valence-electron chi connectivity index (χ0n) is 11.0. The Bertz CT molecular complexity index is 465. The van der Waals surface area contributed by atoms with Gasteiger partial charge in [0.2, 0.25) is 0 Å². The van der Waals surface area contributed by atoms with E-state index in [9.17, 15) is 0 Å². The summed E-state index contributed by atoms with van der Waals surface area (Å²) in [6, 6.07) is 4.47. The van der Waals surface area contributed by atoms with Crippen molar-refractivity contribution in [3.8, 4) is 0 Å². The summed E-state index contributed by atoms with van der Waals surface area (Å²) in [4.78, 5) is 4.21. The molecule has 2 rings (SSSR count). The van der Waals surface area contributed by atoms with Gasteiger partial charge in [-0.1, -0.05) is 13.8 Å². The number of likely N-dealkylation sites (N-methyl/N-ethyl adjacent to an activating group) is 1. The van der Waals surface area contributed by atoms with Crippen molar-refractivity contribution in [1.29, 1.82) is 0 Å². The second-order valence-electron chi connectivity index (χ2n) is 4.37. The molecule has 2 aromatic heterocycles. The highest BCUT2D eigenvalue weighted by atomic mass is 16.3. The summed E-state index contributed by atoms with van der Waals surface area (Å²) in [6.07, 6.45) is 9.34. The van der Waals surface area contributed by atoms with Crippen molar-refractivity contribution in [2.45, 2.75) is 32.7 Å². The molecule has 2 aromatic rings. The third-order valence-electron chi connectivity index (χ3n) is 3.17. The Labute approximate surface area is 108 Å². The predicted molar refractivity (Wildman–Crippen MR) is 72.4 cm³/mol. The average molecular weight is 244 g/mol. The van der Waals surface area contributed by atoms with Crippen LogP contribution >= 0.6 is 0 Å². The number of hydrogen-bond donors (Lipinski definition) is 1. The van der Waals surface area contributed by atoms with E-state index in [0.717, 1.165) is 19.4 Å². The standard InChI is InChI=1S/C15H20N2O/c1-3-13-10-16-7-5-14(13)15(17-4-2)9-12-6-8-18-11-12/h5-8,10-11,15,17H,3-4,9H2,1-2H3. The van der Waals surface area contributed by atoms with E-state index >= 15 is 0 Å². The quantitative estimate of drug-likeness (QED) is 0.848. The van der Waals surface area contributed by atoms with Crippen LogP contribution in [0.1, 0.15) is 36.6 Å². The summed E-state index contributed by atoms with van der Waals surface area (Å²) in [5.74, 6) is 0. The van der Waals surface area contributed by atoms with Gasteiger partial charge in [-0.15, -0.1) is 0 Å². The molecule has 0 bridgehead atoms. The monoisotopic (exact) mass is 244 g/mol. The Kier molecular flexibility index (Phi) is 4.53. The first-order chi connectivity index (χ1) is 8.85. The van der Waals surface area contributed by atoms with Crippen LogP contribution in [0.2, 0.25) is 0 Å². The Morgan fingerprint density at radius 2 is 2.22 bits per heavy atom. The Morgan fingerprint density at radius 3 is 2.89 bits per heavy atom. The minimum absolute atomic E-state index is 0.325. The first-order valence-electron chi connectivity index (χ1n) is 6.52. The van der Waals surface area contributed by atoms with Crippen molar-refractivity contribution in [2.75, 3.05) is 6.54 Å². The van der Waals surface area contributed by atoms with Crippen LogP contribution in [0, 0.1) is 0 Å². The van der Waals surface area contributed by atoms with Crippen molar-refractivity contribution in [1.82, 2.24) is 10.3 Å². The molecule has 0 saturated heterocycles. The molecule has 0 aliphatic carbocycles. The number of rotatable bonds is 6. The lowest BCUT2D eigenvalue weighted by molar-refractivity contribution is 0.531. The van der Waals surface area contributed by atoms with Gasteiger partial charge in [-0.2, -0.15) is 0 Å². The van der Waals surface area contributed by atoms with Crippen molar-refractivity contribution in [2.24, 2.45) is 0 Å². The highest BCUT2D eigenvalue weighted by Gasteiger charge is 2.14. The summed E-state index contributed by atoms with van der Waals surface area (Å²) in [6.45, 7) is 5.25. The molecule has 1 N–H and O–H groups in total. The van der Waals surface area contributed by atoms with Gasteiger partial charge in [-0.25, -0.2) is 0 Å². The normalized spacial score (nSPS) is 12.6. The molecule has 3 nitrogen and oxygen atoms in total. The minimum atomic E-state index is 0.325. The van der Waals surface area contributed by atoms with Crippen LogP contribution < -0.4 is 5.32 Å². The van der Waals surface area contributed by atoms with E-state index in [1.807, 2.05) is 24.7 Å². The van der Waals surface area contributed by atoms with Gasteiger partial charge in [0.05, 0.1) is 12.5 Å². The van der Waals surface area contributed by atoms with E-state index in [1.165, 1.54) is 16.7 Å². The van der Waals surface area contributed by atoms with Gasteiger partial charge in [0, 0.05) is 18.4 Å². The summed E-state index contributed by atoms with van der Waals surface area (Å²) >= 11 is 0. The van der Waals surface area contributed by atoms with Crippen LogP contribution in [-0.2, 0) is 12.8 Å². The molecule has 0 aliphatic rings. The Hall–Kier alpha value is -1.61. The number of hydrogen-bond acceptors (Lipinski definition) is 3. The molecule has 0 aromatic carbocycles. The highest BCUT2D eigenvalue weighted by molar-refractivity contribution is 5.28. The molecular weight excluding hydrogens is 224 g/mol. The molecule has 1 unspecified atom stereocenters. The molecule has 0 amide bonds. The van der Waals surface area contributed by atoms with Crippen molar-refractivity contribution in [3.63, 3.8) is 0 Å². The second kappa shape index (κ2) is 6.36. The zero-order valence-corrected chi connectivity index (χ0v) is 11.0. The fraction of sp³-hybridized carbons (Fsp3) is 0.400. The lowest BCUT2D eigenvalue weighted by Crippen LogP contribution is -2.24. The number of furan rings is 1. The molecule has 2 heterocycles. The van der Waals surface area contributed by atoms with E-state index in [4.69, 9.17) is 4.42 Å². The van der Waals surface area contributed by atoms with Crippen molar-refractivity contribution in [3.05, 3.63) is 53.7 Å². The fourth-order valence-electron chi connectivity index (χ4n) is 2.26. The Morgan fingerprint density at radius 1 is 1.33 bits per heavy atom. The highest BCUT2D eigenvalue weighted by Crippen LogP contribution is 2.22. The van der Waals surface area contributed by atoms with Crippen LogP contribution in [0.5, 0.6) is 0 Å². The second-order valence-corrected chi connectivity index (χ2v) is 4.37. The number of aryl methyl sites for hydroxylation is 1. The minimum Gasteiger partial charge on any atom is -0.472 e. The number of aromatic nitrogens is 1. The third kappa shape index (κ3) is 2.99. The van der Waals surface area contributed by atoms with Crippen molar-refractivity contribution < 1.29 is 4.42 Å². The number of nitrogens with one attached hydrogen (secondary N) is 1. The molecule has 0 radical (unpaired) electrons. The summed E-state index contributed by atoms with van der Waals surface area (Å²) in [7, 11) is 0. The number of pyridine rings is 1. The van der Waals surface area contributed by atoms with Crippen LogP contribution in [0.3, 0.4) is 0 Å². The van der Waals surface area contributed by atoms with Crippen LogP contribution in [0.15, 0.2) is 41.5 Å². The predicted octanol–water partition coefficient (Wildman–Crippen LogP) is 3.13. The molecule has 1 atom stereocenters. The molecule has 96 valence electrons. The molecule has 0 aliphatic heterocycles. The molecule has 0 fully saturated rings. The molecule has 0 saturated carbocycles. The lowest BCUT2D eigenvalue weighted by atomic mass is 9.96. The number of nitrogens with zero attached hydrogens (tertiary/aromatic N) is 1. The van der Waals surface area contributed by atoms with Gasteiger partial charge in [0.25, 0.3) is 0 Å². The molecular formula is C15H20N2O. The molecule has 18 heavy (non-hydrogen) atoms. The zero-order chi connectivity index (χ0) is 12.8. The van der Waals surface area contributed by atoms with Crippen LogP contribution in [0.25, 0.3) is 0 Å². The third-order valence-corrected chi connectivity index (χ3v) is 3.17. The van der Waals surface area contributed by atoms with Crippen LogP contribution in [-0.4, -0.2) is 11.5 Å². The topological polar surface area (TPSA) is 38.1 Å². The largest absolute Gasteiger partial charge is 0.472 e. The maximum atomic E-state index is 5.15. The van der Waals surface area contributed by atoms with Gasteiger partial charge >= 0.3 is 0 Å². The van der Waals surface area contributed by atoms with Gasteiger partial charge < -0.3 is 9.73 Å². The van der Waals surface area contributed by atoms with E-state index < -0.39 is 0 Å². The van der Waals surface area contributed by atoms with E-state index in [-0.39, 0.29) is 0 Å². The van der Waals surface area contributed by atoms with E-state index in [1.54, 1.807) is 6.26 Å². The first kappa shape index (κ1) is 12.8. The summed E-state index contributed by atoms with van der Waals surface area (Å²) in [5.41, 5.74) is 3.88. The van der Waals surface area contributed by atoms with Gasteiger partial charge in [-0.3, -0.25) is 4.98 Å². The van der Waals surface area contributed by atoms with Gasteiger partial charge in [0.1, 0.15) is 0 Å². The fourth-order valence-corrected chi connectivity index (χ4v) is 2.26. The first-order valence-corrected chi connectivity index (χ1v) is 6.52. The van der Waals surface area contributed by atoms with Gasteiger partial charge in [-0.05, 0) is 48.2 Å². The average Bonchev–Trinajstić information content (AvgIpc) is 2.91. The SMILES string of the molecule is CCNC(Cc1ccoc1)c1ccncc1CC.